The van der Waals surface area contributed by atoms with Crippen molar-refractivity contribution in [3.63, 3.8) is 0 Å². The van der Waals surface area contributed by atoms with Crippen molar-refractivity contribution in [2.75, 3.05) is 26.3 Å². The predicted octanol–water partition coefficient (Wildman–Crippen LogP) is -0.442. The second-order valence-electron chi connectivity index (χ2n) is 3.08. The Bertz CT molecular complexity index is 170. The minimum Gasteiger partial charge on any atom is -0.379 e. The SMILES string of the molecule is C[C@H](N)[C@@H](C#N)N1CCOCC1. The molecule has 0 amide bonds. The molecule has 4 nitrogen and oxygen atoms in total. The van der Waals surface area contributed by atoms with Gasteiger partial charge in [-0.05, 0) is 6.92 Å². The molecule has 68 valence electrons. The maximum Gasteiger partial charge on any atom is 0.113 e. The van der Waals surface area contributed by atoms with E-state index in [1.54, 1.807) is 0 Å². The van der Waals surface area contributed by atoms with E-state index in [1.807, 2.05) is 6.92 Å². The molecular weight excluding hydrogens is 154 g/mol. The molecule has 1 heterocycles. The van der Waals surface area contributed by atoms with E-state index in [2.05, 4.69) is 11.0 Å². The molecule has 1 rings (SSSR count). The van der Waals surface area contributed by atoms with E-state index in [9.17, 15) is 0 Å². The van der Waals surface area contributed by atoms with Gasteiger partial charge in [0.2, 0.25) is 0 Å². The minimum absolute atomic E-state index is 0.0897. The highest BCUT2D eigenvalue weighted by molar-refractivity contribution is 4.97. The van der Waals surface area contributed by atoms with Gasteiger partial charge in [-0.15, -0.1) is 0 Å². The van der Waals surface area contributed by atoms with Gasteiger partial charge in [0.25, 0.3) is 0 Å². The van der Waals surface area contributed by atoms with Crippen LogP contribution in [0.25, 0.3) is 0 Å². The topological polar surface area (TPSA) is 62.3 Å². The van der Waals surface area contributed by atoms with Crippen molar-refractivity contribution in [1.82, 2.24) is 4.90 Å². The number of nitrogens with two attached hydrogens (primary N) is 1. The van der Waals surface area contributed by atoms with Gasteiger partial charge >= 0.3 is 0 Å². The van der Waals surface area contributed by atoms with Crippen LogP contribution in [-0.2, 0) is 4.74 Å². The van der Waals surface area contributed by atoms with Crippen molar-refractivity contribution in [2.24, 2.45) is 5.73 Å². The van der Waals surface area contributed by atoms with Crippen LogP contribution in [0.5, 0.6) is 0 Å². The Labute approximate surface area is 72.9 Å². The zero-order valence-corrected chi connectivity index (χ0v) is 7.36. The average Bonchev–Trinajstić information content (AvgIpc) is 2.07. The van der Waals surface area contributed by atoms with Crippen LogP contribution in [0.15, 0.2) is 0 Å². The van der Waals surface area contributed by atoms with Crippen LogP contribution < -0.4 is 5.73 Å². The van der Waals surface area contributed by atoms with E-state index >= 15 is 0 Å². The molecule has 0 aromatic carbocycles. The summed E-state index contributed by atoms with van der Waals surface area (Å²) in [6, 6.07) is 1.97. The maximum atomic E-state index is 8.84. The van der Waals surface area contributed by atoms with Crippen LogP contribution in [0.2, 0.25) is 0 Å². The molecule has 1 aliphatic heterocycles. The maximum absolute atomic E-state index is 8.84. The van der Waals surface area contributed by atoms with Crippen LogP contribution in [-0.4, -0.2) is 43.3 Å². The van der Waals surface area contributed by atoms with Crippen LogP contribution in [0.3, 0.4) is 0 Å². The highest BCUT2D eigenvalue weighted by Crippen LogP contribution is 2.05. The lowest BCUT2D eigenvalue weighted by molar-refractivity contribution is 0.0236. The summed E-state index contributed by atoms with van der Waals surface area (Å²) in [5.74, 6) is 0. The molecule has 0 bridgehead atoms. The van der Waals surface area contributed by atoms with Crippen molar-refractivity contribution >= 4 is 0 Å². The Morgan fingerprint density at radius 1 is 1.50 bits per heavy atom. The molecule has 0 aromatic rings. The lowest BCUT2D eigenvalue weighted by Gasteiger charge is -2.32. The summed E-state index contributed by atoms with van der Waals surface area (Å²) in [5, 5.41) is 8.84. The molecule has 4 heteroatoms. The number of nitriles is 1. The molecule has 0 radical (unpaired) electrons. The van der Waals surface area contributed by atoms with E-state index in [0.717, 1.165) is 13.1 Å². The smallest absolute Gasteiger partial charge is 0.113 e. The fourth-order valence-electron chi connectivity index (χ4n) is 1.39. The quantitative estimate of drug-likeness (QED) is 0.608. The second-order valence-corrected chi connectivity index (χ2v) is 3.08. The normalized spacial score (nSPS) is 24.4. The first kappa shape index (κ1) is 9.46. The van der Waals surface area contributed by atoms with E-state index in [-0.39, 0.29) is 12.1 Å². The lowest BCUT2D eigenvalue weighted by atomic mass is 10.1. The van der Waals surface area contributed by atoms with Gasteiger partial charge in [0.15, 0.2) is 0 Å². The Morgan fingerprint density at radius 3 is 2.50 bits per heavy atom. The first-order chi connectivity index (χ1) is 5.75. The van der Waals surface area contributed by atoms with Gasteiger partial charge in [0, 0.05) is 19.1 Å². The van der Waals surface area contributed by atoms with Crippen LogP contribution in [0.1, 0.15) is 6.92 Å². The molecule has 0 saturated carbocycles. The Morgan fingerprint density at radius 2 is 2.08 bits per heavy atom. The average molecular weight is 169 g/mol. The molecule has 2 atom stereocenters. The second kappa shape index (κ2) is 4.41. The third kappa shape index (κ3) is 2.18. The first-order valence-corrected chi connectivity index (χ1v) is 4.22. The van der Waals surface area contributed by atoms with E-state index in [0.29, 0.717) is 13.2 Å². The molecule has 0 spiro atoms. The molecule has 0 aliphatic carbocycles. The highest BCUT2D eigenvalue weighted by atomic mass is 16.5. The van der Waals surface area contributed by atoms with Crippen LogP contribution >= 0.6 is 0 Å². The van der Waals surface area contributed by atoms with Crippen LogP contribution in [0, 0.1) is 11.3 Å². The first-order valence-electron chi connectivity index (χ1n) is 4.22. The van der Waals surface area contributed by atoms with Gasteiger partial charge in [-0.25, -0.2) is 0 Å². The zero-order chi connectivity index (χ0) is 8.97. The van der Waals surface area contributed by atoms with Crippen LogP contribution in [0.4, 0.5) is 0 Å². The molecule has 1 fully saturated rings. The summed E-state index contributed by atoms with van der Waals surface area (Å²) >= 11 is 0. The van der Waals surface area contributed by atoms with Gasteiger partial charge in [0.1, 0.15) is 6.04 Å². The zero-order valence-electron chi connectivity index (χ0n) is 7.36. The molecule has 2 N–H and O–H groups in total. The number of hydrogen-bond donors (Lipinski definition) is 1. The van der Waals surface area contributed by atoms with Gasteiger partial charge in [-0.1, -0.05) is 0 Å². The van der Waals surface area contributed by atoms with E-state index in [4.69, 9.17) is 15.7 Å². The van der Waals surface area contributed by atoms with Crippen molar-refractivity contribution < 1.29 is 4.74 Å². The fraction of sp³-hybridized carbons (Fsp3) is 0.875. The van der Waals surface area contributed by atoms with Crippen molar-refractivity contribution in [1.29, 1.82) is 5.26 Å². The highest BCUT2D eigenvalue weighted by Gasteiger charge is 2.23. The Hall–Kier alpha value is -0.630. The summed E-state index contributed by atoms with van der Waals surface area (Å²) in [5.41, 5.74) is 5.67. The van der Waals surface area contributed by atoms with Gasteiger partial charge in [-0.2, -0.15) is 5.26 Å². The van der Waals surface area contributed by atoms with Gasteiger partial charge in [0.05, 0.1) is 19.3 Å². The number of nitrogens with zero attached hydrogens (tertiary/aromatic N) is 2. The largest absolute Gasteiger partial charge is 0.379 e. The summed E-state index contributed by atoms with van der Waals surface area (Å²) < 4.78 is 5.18. The van der Waals surface area contributed by atoms with Gasteiger partial charge < -0.3 is 10.5 Å². The molecule has 0 unspecified atom stereocenters. The minimum atomic E-state index is -0.158. The third-order valence-electron chi connectivity index (χ3n) is 2.07. The van der Waals surface area contributed by atoms with Gasteiger partial charge in [-0.3, -0.25) is 4.90 Å². The summed E-state index contributed by atoms with van der Waals surface area (Å²) in [4.78, 5) is 2.08. The number of rotatable bonds is 2. The molecule has 1 aliphatic rings. The summed E-state index contributed by atoms with van der Waals surface area (Å²) in [6.07, 6.45) is 0. The molecular formula is C8H15N3O. The van der Waals surface area contributed by atoms with E-state index in [1.165, 1.54) is 0 Å². The standard InChI is InChI=1S/C8H15N3O/c1-7(10)8(6-9)11-2-4-12-5-3-11/h7-8H,2-5,10H2,1H3/t7-,8+/m0/s1. The molecule has 1 saturated heterocycles. The predicted molar refractivity (Wildman–Crippen MR) is 45.4 cm³/mol. The Balaban J connectivity index is 2.47. The van der Waals surface area contributed by atoms with Crippen molar-refractivity contribution in [3.05, 3.63) is 0 Å². The lowest BCUT2D eigenvalue weighted by Crippen LogP contribution is -2.50. The van der Waals surface area contributed by atoms with Crippen molar-refractivity contribution in [3.8, 4) is 6.07 Å². The van der Waals surface area contributed by atoms with E-state index < -0.39 is 0 Å². The third-order valence-corrected chi connectivity index (χ3v) is 2.07. The molecule has 0 aromatic heterocycles. The number of ether oxygens (including phenoxy) is 1. The number of morpholine rings is 1. The summed E-state index contributed by atoms with van der Waals surface area (Å²) in [6.45, 7) is 4.93. The number of hydrogen-bond acceptors (Lipinski definition) is 4. The van der Waals surface area contributed by atoms with Crippen molar-refractivity contribution in [2.45, 2.75) is 19.0 Å². The molecule has 12 heavy (non-hydrogen) atoms. The fourth-order valence-corrected chi connectivity index (χ4v) is 1.39. The summed E-state index contributed by atoms with van der Waals surface area (Å²) in [7, 11) is 0. The Kier molecular flexibility index (Phi) is 3.48. The monoisotopic (exact) mass is 169 g/mol.